The molecule has 27 heavy (non-hydrogen) atoms. The van der Waals surface area contributed by atoms with Crippen LogP contribution in [0.2, 0.25) is 0 Å². The van der Waals surface area contributed by atoms with Gasteiger partial charge in [0.05, 0.1) is 5.56 Å². The van der Waals surface area contributed by atoms with E-state index in [-0.39, 0.29) is 24.1 Å². The summed E-state index contributed by atoms with van der Waals surface area (Å²) >= 11 is 0. The van der Waals surface area contributed by atoms with Gasteiger partial charge < -0.3 is 14.7 Å². The topological polar surface area (TPSA) is 43.9 Å². The zero-order valence-corrected chi connectivity index (χ0v) is 15.7. The Kier molecular flexibility index (Phi) is 5.74. The Labute approximate surface area is 159 Å². The van der Waals surface area contributed by atoms with Gasteiger partial charge in [0.15, 0.2) is 0 Å². The number of amides is 2. The van der Waals surface area contributed by atoms with Gasteiger partial charge in [-0.05, 0) is 29.8 Å². The summed E-state index contributed by atoms with van der Waals surface area (Å²) in [7, 11) is 3.81. The van der Waals surface area contributed by atoms with Crippen LogP contribution >= 0.6 is 0 Å². The highest BCUT2D eigenvalue weighted by atomic mass is 19.1. The second-order valence-electron chi connectivity index (χ2n) is 6.90. The van der Waals surface area contributed by atoms with E-state index in [1.807, 2.05) is 43.3 Å². The molecule has 2 aromatic carbocycles. The first kappa shape index (κ1) is 18.9. The molecule has 1 aliphatic rings. The molecule has 1 aliphatic heterocycles. The normalized spacial score (nSPS) is 14.9. The lowest BCUT2D eigenvalue weighted by molar-refractivity contribution is -0.130. The van der Waals surface area contributed by atoms with Crippen molar-refractivity contribution in [1.82, 2.24) is 9.80 Å². The minimum atomic E-state index is -0.294. The van der Waals surface area contributed by atoms with Crippen molar-refractivity contribution in [1.29, 1.82) is 0 Å². The van der Waals surface area contributed by atoms with E-state index >= 15 is 0 Å². The van der Waals surface area contributed by atoms with Gasteiger partial charge in [-0.2, -0.15) is 0 Å². The summed E-state index contributed by atoms with van der Waals surface area (Å²) < 4.78 is 13.1. The van der Waals surface area contributed by atoms with Crippen LogP contribution < -0.4 is 4.90 Å². The molecule has 0 unspecified atom stereocenters. The molecule has 0 bridgehead atoms. The van der Waals surface area contributed by atoms with Gasteiger partial charge in [0.2, 0.25) is 5.91 Å². The fraction of sp³-hybridized carbons (Fsp3) is 0.333. The first-order chi connectivity index (χ1) is 13.0. The molecule has 142 valence electrons. The highest BCUT2D eigenvalue weighted by Gasteiger charge is 2.26. The summed E-state index contributed by atoms with van der Waals surface area (Å²) in [6, 6.07) is 13.6. The summed E-state index contributed by atoms with van der Waals surface area (Å²) in [6.07, 6.45) is 0.289. The van der Waals surface area contributed by atoms with Gasteiger partial charge in [0.25, 0.3) is 5.91 Å². The lowest BCUT2D eigenvalue weighted by Crippen LogP contribution is -2.36. The molecule has 0 saturated carbocycles. The van der Waals surface area contributed by atoms with E-state index in [1.165, 1.54) is 12.1 Å². The molecule has 6 heteroatoms. The molecule has 0 aliphatic carbocycles. The van der Waals surface area contributed by atoms with Crippen molar-refractivity contribution in [2.45, 2.75) is 13.0 Å². The fourth-order valence-corrected chi connectivity index (χ4v) is 3.26. The molecular formula is C21H24FN3O2. The third-order valence-corrected chi connectivity index (χ3v) is 4.78. The van der Waals surface area contributed by atoms with Gasteiger partial charge in [-0.25, -0.2) is 4.39 Å². The van der Waals surface area contributed by atoms with Crippen molar-refractivity contribution in [3.05, 3.63) is 65.5 Å². The Morgan fingerprint density at radius 3 is 2.44 bits per heavy atom. The van der Waals surface area contributed by atoms with E-state index in [9.17, 15) is 14.0 Å². The molecule has 1 fully saturated rings. The monoisotopic (exact) mass is 369 g/mol. The molecular weight excluding hydrogens is 345 g/mol. The Bertz CT molecular complexity index is 820. The van der Waals surface area contributed by atoms with Crippen LogP contribution in [0.4, 0.5) is 10.1 Å². The van der Waals surface area contributed by atoms with Crippen LogP contribution in [0.25, 0.3) is 0 Å². The summed E-state index contributed by atoms with van der Waals surface area (Å²) in [4.78, 5) is 30.9. The number of anilines is 1. The van der Waals surface area contributed by atoms with Gasteiger partial charge in [0, 0.05) is 52.4 Å². The summed E-state index contributed by atoms with van der Waals surface area (Å²) in [5, 5.41) is 0. The van der Waals surface area contributed by atoms with Crippen molar-refractivity contribution in [2.75, 3.05) is 38.6 Å². The Morgan fingerprint density at radius 1 is 1.04 bits per heavy atom. The zero-order valence-electron chi connectivity index (χ0n) is 15.7. The maximum absolute atomic E-state index is 13.1. The fourth-order valence-electron chi connectivity index (χ4n) is 3.26. The maximum atomic E-state index is 13.1. The first-order valence-corrected chi connectivity index (χ1v) is 9.03. The van der Waals surface area contributed by atoms with Gasteiger partial charge in [0.1, 0.15) is 5.82 Å². The summed E-state index contributed by atoms with van der Waals surface area (Å²) in [5.41, 5.74) is 2.38. The number of carbonyl (C=O) groups excluding carboxylic acids is 2. The largest absolute Gasteiger partial charge is 0.377 e. The van der Waals surface area contributed by atoms with E-state index in [0.717, 1.165) is 11.3 Å². The van der Waals surface area contributed by atoms with E-state index in [4.69, 9.17) is 0 Å². The van der Waals surface area contributed by atoms with Crippen molar-refractivity contribution in [3.63, 3.8) is 0 Å². The minimum Gasteiger partial charge on any atom is -0.377 e. The smallest absolute Gasteiger partial charge is 0.256 e. The second kappa shape index (κ2) is 8.20. The van der Waals surface area contributed by atoms with Crippen LogP contribution in [-0.2, 0) is 11.3 Å². The van der Waals surface area contributed by atoms with Crippen LogP contribution in [0.15, 0.2) is 48.5 Å². The molecule has 2 amide bonds. The standard InChI is InChI=1S/C21H24FN3O2/c1-23(2)19-6-4-3-5-18(19)21(27)24-12-11-20(26)25(14-13-24)15-16-7-9-17(22)10-8-16/h3-10H,11-15H2,1-2H3. The van der Waals surface area contributed by atoms with E-state index in [2.05, 4.69) is 0 Å². The number of carbonyl (C=O) groups is 2. The highest BCUT2D eigenvalue weighted by Crippen LogP contribution is 2.21. The number of rotatable bonds is 4. The lowest BCUT2D eigenvalue weighted by atomic mass is 10.1. The van der Waals surface area contributed by atoms with E-state index in [1.54, 1.807) is 21.9 Å². The number of nitrogens with zero attached hydrogens (tertiary/aromatic N) is 3. The van der Waals surface area contributed by atoms with Gasteiger partial charge in [-0.3, -0.25) is 9.59 Å². The van der Waals surface area contributed by atoms with E-state index < -0.39 is 0 Å². The molecule has 0 aromatic heterocycles. The molecule has 3 rings (SSSR count). The molecule has 1 saturated heterocycles. The third-order valence-electron chi connectivity index (χ3n) is 4.78. The van der Waals surface area contributed by atoms with Gasteiger partial charge in [-0.1, -0.05) is 24.3 Å². The predicted molar refractivity (Wildman–Crippen MR) is 103 cm³/mol. The molecule has 0 radical (unpaired) electrons. The van der Waals surface area contributed by atoms with Crippen LogP contribution in [-0.4, -0.2) is 55.3 Å². The molecule has 5 nitrogen and oxygen atoms in total. The average molecular weight is 369 g/mol. The highest BCUT2D eigenvalue weighted by molar-refractivity contribution is 6.00. The molecule has 0 atom stereocenters. The molecule has 2 aromatic rings. The number of benzene rings is 2. The van der Waals surface area contributed by atoms with Crippen LogP contribution in [0.3, 0.4) is 0 Å². The minimum absolute atomic E-state index is 0.00974. The van der Waals surface area contributed by atoms with Crippen molar-refractivity contribution in [3.8, 4) is 0 Å². The second-order valence-corrected chi connectivity index (χ2v) is 6.90. The first-order valence-electron chi connectivity index (χ1n) is 9.03. The number of halogens is 1. The molecule has 0 spiro atoms. The van der Waals surface area contributed by atoms with Gasteiger partial charge >= 0.3 is 0 Å². The van der Waals surface area contributed by atoms with E-state index in [0.29, 0.717) is 31.7 Å². The van der Waals surface area contributed by atoms with Crippen molar-refractivity contribution < 1.29 is 14.0 Å². The Morgan fingerprint density at radius 2 is 1.74 bits per heavy atom. The molecule has 0 N–H and O–H groups in total. The van der Waals surface area contributed by atoms with Crippen LogP contribution in [0, 0.1) is 5.82 Å². The van der Waals surface area contributed by atoms with Crippen molar-refractivity contribution in [2.24, 2.45) is 0 Å². The predicted octanol–water partition coefficient (Wildman–Crippen LogP) is 2.77. The Hall–Kier alpha value is -2.89. The average Bonchev–Trinajstić information content (AvgIpc) is 2.85. The summed E-state index contributed by atoms with van der Waals surface area (Å²) in [5.74, 6) is -0.344. The number of para-hydroxylation sites is 1. The number of hydrogen-bond acceptors (Lipinski definition) is 3. The third kappa shape index (κ3) is 4.45. The summed E-state index contributed by atoms with van der Waals surface area (Å²) in [6.45, 7) is 1.77. The quantitative estimate of drug-likeness (QED) is 0.832. The lowest BCUT2D eigenvalue weighted by Gasteiger charge is -2.24. The van der Waals surface area contributed by atoms with Crippen molar-refractivity contribution >= 4 is 17.5 Å². The maximum Gasteiger partial charge on any atom is 0.256 e. The van der Waals surface area contributed by atoms with Crippen LogP contribution in [0.1, 0.15) is 22.3 Å². The Balaban J connectivity index is 1.71. The van der Waals surface area contributed by atoms with Crippen LogP contribution in [0.5, 0.6) is 0 Å². The van der Waals surface area contributed by atoms with Gasteiger partial charge in [-0.15, -0.1) is 0 Å². The molecule has 1 heterocycles. The number of hydrogen-bond donors (Lipinski definition) is 0. The SMILES string of the molecule is CN(C)c1ccccc1C(=O)N1CCC(=O)N(Cc2ccc(F)cc2)CC1. The zero-order chi connectivity index (χ0) is 19.4.